The maximum Gasteiger partial charge on any atom is 0.257 e. The molecule has 4 rings (SSSR count). The van der Waals surface area contributed by atoms with Crippen molar-refractivity contribution >= 4 is 11.8 Å². The SMILES string of the molecule is CCN1C(=O)C2=C(C=C(CC3CCCCC3)C2Cc2ccccc2)C(CC(C)C)C1=O. The monoisotopic (exact) mass is 419 g/mol. The summed E-state index contributed by atoms with van der Waals surface area (Å²) >= 11 is 0. The van der Waals surface area contributed by atoms with E-state index in [0.29, 0.717) is 12.5 Å². The molecule has 31 heavy (non-hydrogen) atoms. The molecule has 0 spiro atoms. The van der Waals surface area contributed by atoms with E-state index in [-0.39, 0.29) is 23.7 Å². The molecule has 1 aromatic carbocycles. The molecule has 2 amide bonds. The van der Waals surface area contributed by atoms with E-state index >= 15 is 0 Å². The molecule has 3 nitrogen and oxygen atoms in total. The average Bonchev–Trinajstić information content (AvgIpc) is 3.11. The molecule has 1 fully saturated rings. The first-order valence-electron chi connectivity index (χ1n) is 12.3. The molecule has 166 valence electrons. The number of benzene rings is 1. The highest BCUT2D eigenvalue weighted by atomic mass is 16.2. The molecule has 0 bridgehead atoms. The third-order valence-corrected chi connectivity index (χ3v) is 7.42. The van der Waals surface area contributed by atoms with Gasteiger partial charge < -0.3 is 0 Å². The lowest BCUT2D eigenvalue weighted by molar-refractivity contribution is -0.146. The van der Waals surface area contributed by atoms with Crippen LogP contribution in [0.25, 0.3) is 0 Å². The zero-order valence-corrected chi connectivity index (χ0v) is 19.4. The van der Waals surface area contributed by atoms with Gasteiger partial charge in [-0.1, -0.05) is 87.9 Å². The quantitative estimate of drug-likeness (QED) is 0.501. The van der Waals surface area contributed by atoms with Gasteiger partial charge in [0, 0.05) is 18.0 Å². The number of allylic oxidation sites excluding steroid dienone is 2. The molecule has 0 radical (unpaired) electrons. The summed E-state index contributed by atoms with van der Waals surface area (Å²) in [5.41, 5.74) is 4.62. The maximum absolute atomic E-state index is 13.5. The standard InChI is InChI=1S/C28H37NO2/c1-4-29-27(30)25(15-19(2)3)24-18-22(16-20-11-7-5-8-12-20)23(26(24)28(29)31)17-21-13-9-6-10-14-21/h6,9-10,13-14,18-20,23,25H,4-5,7-8,11-12,15-17H2,1-3H3. The second kappa shape index (κ2) is 9.54. The predicted octanol–water partition coefficient (Wildman–Crippen LogP) is 6.10. The maximum atomic E-state index is 13.5. The number of likely N-dealkylation sites (N-methyl/N-ethyl adjacent to an activating group) is 1. The van der Waals surface area contributed by atoms with Crippen LogP contribution in [-0.2, 0) is 16.0 Å². The van der Waals surface area contributed by atoms with Gasteiger partial charge in [0.25, 0.3) is 5.91 Å². The zero-order chi connectivity index (χ0) is 22.0. The molecule has 0 N–H and O–H groups in total. The third-order valence-electron chi connectivity index (χ3n) is 7.42. The number of hydrogen-bond acceptors (Lipinski definition) is 2. The molecule has 2 unspecified atom stereocenters. The van der Waals surface area contributed by atoms with Crippen molar-refractivity contribution in [1.82, 2.24) is 4.90 Å². The number of imide groups is 1. The normalized spacial score (nSPS) is 24.8. The molecule has 1 heterocycles. The van der Waals surface area contributed by atoms with Gasteiger partial charge in [0.15, 0.2) is 0 Å². The summed E-state index contributed by atoms with van der Waals surface area (Å²) < 4.78 is 0. The Hall–Kier alpha value is -2.16. The van der Waals surface area contributed by atoms with Crippen molar-refractivity contribution in [2.24, 2.45) is 23.7 Å². The Morgan fingerprint density at radius 2 is 1.68 bits per heavy atom. The van der Waals surface area contributed by atoms with E-state index in [9.17, 15) is 9.59 Å². The molecule has 3 heteroatoms. The van der Waals surface area contributed by atoms with Gasteiger partial charge in [-0.2, -0.15) is 0 Å². The molecule has 1 aromatic rings. The highest BCUT2D eigenvalue weighted by Crippen LogP contribution is 2.46. The Bertz CT molecular complexity index is 874. The average molecular weight is 420 g/mol. The van der Waals surface area contributed by atoms with Crippen LogP contribution in [0.5, 0.6) is 0 Å². The zero-order valence-electron chi connectivity index (χ0n) is 19.4. The second-order valence-corrected chi connectivity index (χ2v) is 10.1. The number of rotatable bonds is 7. The largest absolute Gasteiger partial charge is 0.279 e. The van der Waals surface area contributed by atoms with E-state index in [4.69, 9.17) is 0 Å². The summed E-state index contributed by atoms with van der Waals surface area (Å²) in [4.78, 5) is 28.3. The minimum absolute atomic E-state index is 0.00794. The van der Waals surface area contributed by atoms with Crippen LogP contribution in [0.1, 0.15) is 71.3 Å². The summed E-state index contributed by atoms with van der Waals surface area (Å²) in [6.45, 7) is 6.72. The van der Waals surface area contributed by atoms with Gasteiger partial charge in [-0.15, -0.1) is 0 Å². The Kier molecular flexibility index (Phi) is 6.79. The van der Waals surface area contributed by atoms with Gasteiger partial charge in [0.05, 0.1) is 5.92 Å². The van der Waals surface area contributed by atoms with Crippen LogP contribution in [0.3, 0.4) is 0 Å². The van der Waals surface area contributed by atoms with Crippen molar-refractivity contribution < 1.29 is 9.59 Å². The predicted molar refractivity (Wildman–Crippen MR) is 125 cm³/mol. The van der Waals surface area contributed by atoms with E-state index < -0.39 is 0 Å². The van der Waals surface area contributed by atoms with E-state index in [1.807, 2.05) is 13.0 Å². The van der Waals surface area contributed by atoms with Crippen LogP contribution in [0.15, 0.2) is 53.1 Å². The first kappa shape index (κ1) is 22.0. The lowest BCUT2D eigenvalue weighted by Crippen LogP contribution is -2.47. The van der Waals surface area contributed by atoms with Crippen molar-refractivity contribution in [1.29, 1.82) is 0 Å². The van der Waals surface area contributed by atoms with Crippen LogP contribution in [0.2, 0.25) is 0 Å². The smallest absolute Gasteiger partial charge is 0.257 e. The van der Waals surface area contributed by atoms with Gasteiger partial charge in [-0.25, -0.2) is 0 Å². The van der Waals surface area contributed by atoms with Gasteiger partial charge in [0.2, 0.25) is 5.91 Å². The highest BCUT2D eigenvalue weighted by molar-refractivity contribution is 6.11. The van der Waals surface area contributed by atoms with E-state index in [1.54, 1.807) is 0 Å². The summed E-state index contributed by atoms with van der Waals surface area (Å²) in [6, 6.07) is 10.5. The van der Waals surface area contributed by atoms with Crippen molar-refractivity contribution in [2.45, 2.75) is 72.1 Å². The van der Waals surface area contributed by atoms with Gasteiger partial charge >= 0.3 is 0 Å². The summed E-state index contributed by atoms with van der Waals surface area (Å²) in [5, 5.41) is 0. The van der Waals surface area contributed by atoms with Crippen LogP contribution < -0.4 is 0 Å². The fourth-order valence-corrected chi connectivity index (χ4v) is 5.90. The number of carbonyl (C=O) groups is 2. The summed E-state index contributed by atoms with van der Waals surface area (Å²) in [6.07, 6.45) is 11.6. The van der Waals surface area contributed by atoms with E-state index in [1.165, 1.54) is 48.1 Å². The van der Waals surface area contributed by atoms with Crippen LogP contribution in [0.4, 0.5) is 0 Å². The number of hydrogen-bond donors (Lipinski definition) is 0. The molecular formula is C28H37NO2. The van der Waals surface area contributed by atoms with Crippen molar-refractivity contribution in [3.05, 3.63) is 58.7 Å². The van der Waals surface area contributed by atoms with Gasteiger partial charge in [0.1, 0.15) is 0 Å². The Morgan fingerprint density at radius 1 is 0.968 bits per heavy atom. The molecule has 1 aliphatic heterocycles. The van der Waals surface area contributed by atoms with Gasteiger partial charge in [-0.05, 0) is 49.2 Å². The lowest BCUT2D eigenvalue weighted by atomic mass is 9.78. The molecule has 3 aliphatic rings. The lowest BCUT2D eigenvalue weighted by Gasteiger charge is -2.34. The first-order chi connectivity index (χ1) is 15.0. The second-order valence-electron chi connectivity index (χ2n) is 10.1. The number of nitrogens with zero attached hydrogens (tertiary/aromatic N) is 1. The Balaban J connectivity index is 1.72. The summed E-state index contributed by atoms with van der Waals surface area (Å²) in [5.74, 6) is 1.04. The fraction of sp³-hybridized carbons (Fsp3) is 0.571. The topological polar surface area (TPSA) is 37.4 Å². The van der Waals surface area contributed by atoms with Crippen LogP contribution in [0, 0.1) is 23.7 Å². The molecule has 2 aliphatic carbocycles. The van der Waals surface area contributed by atoms with E-state index in [2.05, 4.69) is 44.2 Å². The van der Waals surface area contributed by atoms with Gasteiger partial charge in [-0.3, -0.25) is 14.5 Å². The molecule has 0 saturated heterocycles. The molecule has 0 aromatic heterocycles. The minimum Gasteiger partial charge on any atom is -0.279 e. The fourth-order valence-electron chi connectivity index (χ4n) is 5.90. The van der Waals surface area contributed by atoms with Crippen molar-refractivity contribution in [2.75, 3.05) is 6.54 Å². The van der Waals surface area contributed by atoms with Crippen LogP contribution in [-0.4, -0.2) is 23.3 Å². The minimum atomic E-state index is -0.172. The van der Waals surface area contributed by atoms with Crippen LogP contribution >= 0.6 is 0 Å². The first-order valence-corrected chi connectivity index (χ1v) is 12.3. The molecular weight excluding hydrogens is 382 g/mol. The van der Waals surface area contributed by atoms with E-state index in [0.717, 1.165) is 36.3 Å². The van der Waals surface area contributed by atoms with Crippen molar-refractivity contribution in [3.8, 4) is 0 Å². The third kappa shape index (κ3) is 4.56. The Labute approximate surface area is 187 Å². The van der Waals surface area contributed by atoms with Crippen molar-refractivity contribution in [3.63, 3.8) is 0 Å². The molecule has 1 saturated carbocycles. The molecule has 2 atom stereocenters. The summed E-state index contributed by atoms with van der Waals surface area (Å²) in [7, 11) is 0. The Morgan fingerprint density at radius 3 is 2.32 bits per heavy atom. The number of carbonyl (C=O) groups excluding carboxylic acids is 2. The highest BCUT2D eigenvalue weighted by Gasteiger charge is 2.45. The number of amides is 2.